The van der Waals surface area contributed by atoms with Crippen molar-refractivity contribution in [2.75, 3.05) is 26.0 Å². The van der Waals surface area contributed by atoms with E-state index in [0.29, 0.717) is 41.1 Å². The average molecular weight is 428 g/mol. The minimum atomic E-state index is -0.0506. The van der Waals surface area contributed by atoms with Gasteiger partial charge in [0.25, 0.3) is 11.8 Å². The van der Waals surface area contributed by atoms with Gasteiger partial charge in [0.15, 0.2) is 0 Å². The first-order valence-electron chi connectivity index (χ1n) is 10.3. The molecular weight excluding hydrogens is 404 g/mol. The summed E-state index contributed by atoms with van der Waals surface area (Å²) in [6.07, 6.45) is 2.54. The van der Waals surface area contributed by atoms with Crippen LogP contribution in [0.1, 0.15) is 21.6 Å². The number of hydrogen-bond acceptors (Lipinski definition) is 7. The van der Waals surface area contributed by atoms with Crippen LogP contribution in [-0.2, 0) is 6.42 Å². The molecule has 0 saturated carbocycles. The van der Waals surface area contributed by atoms with Gasteiger partial charge < -0.3 is 14.6 Å². The Labute approximate surface area is 186 Å². The number of amides is 1. The fourth-order valence-corrected chi connectivity index (χ4v) is 3.18. The molecule has 4 rings (SSSR count). The second kappa shape index (κ2) is 9.38. The topological polar surface area (TPSA) is 97.0 Å². The smallest absolute Gasteiger partial charge is 0.315 e. The SMILES string of the molecule is Cc1ncc(-c2ccc(C(=O)N(C)C)cc2)nc1-c1nnc(NCCc2ccccc2)o1. The zero-order valence-corrected chi connectivity index (χ0v) is 18.2. The lowest BCUT2D eigenvalue weighted by atomic mass is 10.1. The van der Waals surface area contributed by atoms with E-state index in [0.717, 1.165) is 12.0 Å². The van der Waals surface area contributed by atoms with Crippen LogP contribution in [0, 0.1) is 6.92 Å². The lowest BCUT2D eigenvalue weighted by molar-refractivity contribution is 0.0827. The fraction of sp³-hybridized carbons (Fsp3) is 0.208. The van der Waals surface area contributed by atoms with Gasteiger partial charge in [-0.15, -0.1) is 5.10 Å². The normalized spacial score (nSPS) is 10.7. The number of anilines is 1. The predicted octanol–water partition coefficient (Wildman–Crippen LogP) is 3.86. The van der Waals surface area contributed by atoms with Crippen LogP contribution in [0.25, 0.3) is 22.8 Å². The fourth-order valence-electron chi connectivity index (χ4n) is 3.18. The van der Waals surface area contributed by atoms with Crippen molar-refractivity contribution in [3.63, 3.8) is 0 Å². The molecule has 2 heterocycles. The molecule has 1 amide bonds. The van der Waals surface area contributed by atoms with Gasteiger partial charge in [0.05, 0.1) is 17.6 Å². The van der Waals surface area contributed by atoms with Crippen LogP contribution in [0.4, 0.5) is 6.01 Å². The van der Waals surface area contributed by atoms with E-state index in [1.54, 1.807) is 37.3 Å². The number of nitrogens with zero attached hydrogens (tertiary/aromatic N) is 5. The first-order chi connectivity index (χ1) is 15.5. The number of benzene rings is 2. The van der Waals surface area contributed by atoms with Gasteiger partial charge in [0, 0.05) is 31.8 Å². The number of nitrogens with one attached hydrogen (secondary N) is 1. The number of rotatable bonds is 7. The maximum absolute atomic E-state index is 12.1. The van der Waals surface area contributed by atoms with Gasteiger partial charge in [-0.1, -0.05) is 47.6 Å². The van der Waals surface area contributed by atoms with Gasteiger partial charge in [-0.2, -0.15) is 0 Å². The van der Waals surface area contributed by atoms with Gasteiger partial charge in [-0.3, -0.25) is 9.78 Å². The summed E-state index contributed by atoms with van der Waals surface area (Å²) in [4.78, 5) is 22.8. The molecule has 0 unspecified atom stereocenters. The van der Waals surface area contributed by atoms with Gasteiger partial charge in [-0.05, 0) is 31.0 Å². The average Bonchev–Trinajstić information content (AvgIpc) is 3.28. The number of carbonyl (C=O) groups is 1. The molecule has 1 N–H and O–H groups in total. The third-order valence-electron chi connectivity index (χ3n) is 4.95. The Morgan fingerprint density at radius 2 is 1.78 bits per heavy atom. The zero-order chi connectivity index (χ0) is 22.5. The molecule has 2 aromatic carbocycles. The lowest BCUT2D eigenvalue weighted by Gasteiger charge is -2.10. The highest BCUT2D eigenvalue weighted by Crippen LogP contribution is 2.25. The van der Waals surface area contributed by atoms with E-state index in [4.69, 9.17) is 4.42 Å². The van der Waals surface area contributed by atoms with E-state index in [2.05, 4.69) is 37.6 Å². The number of carbonyl (C=O) groups excluding carboxylic acids is 1. The molecule has 0 radical (unpaired) electrons. The second-order valence-electron chi connectivity index (χ2n) is 7.54. The van der Waals surface area contributed by atoms with E-state index >= 15 is 0 Å². The van der Waals surface area contributed by atoms with Crippen molar-refractivity contribution in [2.24, 2.45) is 0 Å². The predicted molar refractivity (Wildman–Crippen MR) is 122 cm³/mol. The van der Waals surface area contributed by atoms with Crippen LogP contribution in [0.15, 0.2) is 65.2 Å². The van der Waals surface area contributed by atoms with E-state index in [1.807, 2.05) is 37.3 Å². The van der Waals surface area contributed by atoms with Gasteiger partial charge >= 0.3 is 6.01 Å². The Balaban J connectivity index is 1.49. The maximum Gasteiger partial charge on any atom is 0.315 e. The Morgan fingerprint density at radius 3 is 2.50 bits per heavy atom. The molecule has 8 nitrogen and oxygen atoms in total. The summed E-state index contributed by atoms with van der Waals surface area (Å²) < 4.78 is 5.77. The van der Waals surface area contributed by atoms with Gasteiger partial charge in [0.2, 0.25) is 0 Å². The molecule has 0 bridgehead atoms. The summed E-state index contributed by atoms with van der Waals surface area (Å²) in [6.45, 7) is 2.52. The molecule has 0 aliphatic carbocycles. The highest BCUT2D eigenvalue weighted by molar-refractivity contribution is 5.94. The summed E-state index contributed by atoms with van der Waals surface area (Å²) >= 11 is 0. The van der Waals surface area contributed by atoms with Gasteiger partial charge in [0.1, 0.15) is 5.69 Å². The van der Waals surface area contributed by atoms with Crippen molar-refractivity contribution in [3.05, 3.63) is 77.6 Å². The lowest BCUT2D eigenvalue weighted by Crippen LogP contribution is -2.21. The van der Waals surface area contributed by atoms with Crippen molar-refractivity contribution in [1.82, 2.24) is 25.1 Å². The van der Waals surface area contributed by atoms with E-state index in [9.17, 15) is 4.79 Å². The quantitative estimate of drug-likeness (QED) is 0.477. The molecule has 32 heavy (non-hydrogen) atoms. The summed E-state index contributed by atoms with van der Waals surface area (Å²) in [5.41, 5.74) is 4.56. The summed E-state index contributed by atoms with van der Waals surface area (Å²) in [5, 5.41) is 11.4. The molecule has 0 saturated heterocycles. The summed E-state index contributed by atoms with van der Waals surface area (Å²) in [5.74, 6) is 0.254. The van der Waals surface area contributed by atoms with E-state index in [1.165, 1.54) is 5.56 Å². The highest BCUT2D eigenvalue weighted by atomic mass is 16.4. The molecule has 0 aliphatic rings. The number of hydrogen-bond donors (Lipinski definition) is 1. The van der Waals surface area contributed by atoms with Crippen molar-refractivity contribution < 1.29 is 9.21 Å². The molecule has 8 heteroatoms. The minimum Gasteiger partial charge on any atom is -0.402 e. The van der Waals surface area contributed by atoms with Crippen LogP contribution in [0.5, 0.6) is 0 Å². The Morgan fingerprint density at radius 1 is 1.03 bits per heavy atom. The Hall–Kier alpha value is -4.07. The zero-order valence-electron chi connectivity index (χ0n) is 18.2. The molecule has 0 atom stereocenters. The van der Waals surface area contributed by atoms with Crippen LogP contribution in [0.3, 0.4) is 0 Å². The van der Waals surface area contributed by atoms with Crippen molar-refractivity contribution >= 4 is 11.9 Å². The second-order valence-corrected chi connectivity index (χ2v) is 7.54. The van der Waals surface area contributed by atoms with Crippen LogP contribution in [0.2, 0.25) is 0 Å². The molecule has 4 aromatic rings. The Kier molecular flexibility index (Phi) is 6.21. The molecule has 162 valence electrons. The molecule has 0 aliphatic heterocycles. The number of aryl methyl sites for hydroxylation is 1. The largest absolute Gasteiger partial charge is 0.402 e. The van der Waals surface area contributed by atoms with Gasteiger partial charge in [-0.25, -0.2) is 4.98 Å². The molecular formula is C24H24N6O2. The van der Waals surface area contributed by atoms with Crippen LogP contribution >= 0.6 is 0 Å². The van der Waals surface area contributed by atoms with Crippen molar-refractivity contribution in [1.29, 1.82) is 0 Å². The molecule has 0 spiro atoms. The summed E-state index contributed by atoms with van der Waals surface area (Å²) in [7, 11) is 3.45. The number of aromatic nitrogens is 4. The maximum atomic E-state index is 12.1. The van der Waals surface area contributed by atoms with Crippen molar-refractivity contribution in [3.8, 4) is 22.8 Å². The molecule has 0 fully saturated rings. The highest BCUT2D eigenvalue weighted by Gasteiger charge is 2.16. The van der Waals surface area contributed by atoms with E-state index in [-0.39, 0.29) is 5.91 Å². The van der Waals surface area contributed by atoms with Crippen molar-refractivity contribution in [2.45, 2.75) is 13.3 Å². The first-order valence-corrected chi connectivity index (χ1v) is 10.3. The monoisotopic (exact) mass is 428 g/mol. The minimum absolute atomic E-state index is 0.0506. The van der Waals surface area contributed by atoms with Crippen LogP contribution in [-0.4, -0.2) is 51.6 Å². The standard InChI is InChI=1S/C24H24N6O2/c1-16-21(22-28-29-24(32-22)25-14-13-17-7-5-4-6-8-17)27-20(15-26-16)18-9-11-19(12-10-18)23(31)30(2)3/h4-12,15H,13-14H2,1-3H3,(H,25,29). The first kappa shape index (κ1) is 21.2. The third kappa shape index (κ3) is 4.80. The summed E-state index contributed by atoms with van der Waals surface area (Å²) in [6, 6.07) is 17.8. The van der Waals surface area contributed by atoms with Crippen LogP contribution < -0.4 is 5.32 Å². The third-order valence-corrected chi connectivity index (χ3v) is 4.95. The van der Waals surface area contributed by atoms with E-state index < -0.39 is 0 Å². The molecule has 2 aromatic heterocycles. The Bertz CT molecular complexity index is 1200.